The lowest BCUT2D eigenvalue weighted by molar-refractivity contribution is 0.162. The van der Waals surface area contributed by atoms with E-state index in [-0.39, 0.29) is 0 Å². The molecular weight excluding hydrogens is 312 g/mol. The lowest BCUT2D eigenvalue weighted by atomic mass is 10.0. The van der Waals surface area contributed by atoms with Gasteiger partial charge in [-0.1, -0.05) is 12.1 Å². The molecule has 4 rings (SSSR count). The van der Waals surface area contributed by atoms with Crippen molar-refractivity contribution in [3.05, 3.63) is 54.7 Å². The molecule has 3 aromatic rings. The SMILES string of the molecule is COc1ccc2ncc(-c3ccc(OC4CCNCC4)cc3)cc2c1. The first-order valence-electron chi connectivity index (χ1n) is 8.73. The number of methoxy groups -OCH3 is 1. The zero-order chi connectivity index (χ0) is 17.1. The van der Waals surface area contributed by atoms with Gasteiger partial charge in [0, 0.05) is 17.1 Å². The summed E-state index contributed by atoms with van der Waals surface area (Å²) < 4.78 is 11.4. The average molecular weight is 334 g/mol. The summed E-state index contributed by atoms with van der Waals surface area (Å²) in [5.74, 6) is 1.78. The van der Waals surface area contributed by atoms with E-state index in [4.69, 9.17) is 9.47 Å². The molecule has 0 radical (unpaired) electrons. The van der Waals surface area contributed by atoms with E-state index >= 15 is 0 Å². The third-order valence-electron chi connectivity index (χ3n) is 4.67. The van der Waals surface area contributed by atoms with E-state index in [9.17, 15) is 0 Å². The van der Waals surface area contributed by atoms with Gasteiger partial charge in [-0.05, 0) is 67.9 Å². The number of aromatic nitrogens is 1. The summed E-state index contributed by atoms with van der Waals surface area (Å²) in [5.41, 5.74) is 3.19. The quantitative estimate of drug-likeness (QED) is 0.782. The first-order chi connectivity index (χ1) is 12.3. The number of hydrogen-bond donors (Lipinski definition) is 1. The lowest BCUT2D eigenvalue weighted by Gasteiger charge is -2.23. The molecular formula is C21H22N2O2. The largest absolute Gasteiger partial charge is 0.497 e. The van der Waals surface area contributed by atoms with Gasteiger partial charge in [-0.3, -0.25) is 4.98 Å². The van der Waals surface area contributed by atoms with Gasteiger partial charge in [-0.2, -0.15) is 0 Å². The molecule has 4 heteroatoms. The highest BCUT2D eigenvalue weighted by atomic mass is 16.5. The minimum atomic E-state index is 0.321. The lowest BCUT2D eigenvalue weighted by Crippen LogP contribution is -2.34. The van der Waals surface area contributed by atoms with Crippen LogP contribution in [0, 0.1) is 0 Å². The van der Waals surface area contributed by atoms with E-state index in [1.165, 1.54) is 0 Å². The summed E-state index contributed by atoms with van der Waals surface area (Å²) >= 11 is 0. The second kappa shape index (κ2) is 7.11. The van der Waals surface area contributed by atoms with Crippen LogP contribution >= 0.6 is 0 Å². The Hall–Kier alpha value is -2.59. The molecule has 4 nitrogen and oxygen atoms in total. The molecule has 0 spiro atoms. The maximum absolute atomic E-state index is 6.07. The molecule has 2 aromatic carbocycles. The Balaban J connectivity index is 1.55. The van der Waals surface area contributed by atoms with Crippen molar-refractivity contribution >= 4 is 10.9 Å². The van der Waals surface area contributed by atoms with Gasteiger partial charge in [0.2, 0.25) is 0 Å². The molecule has 2 heterocycles. The number of nitrogens with one attached hydrogen (secondary N) is 1. The fourth-order valence-electron chi connectivity index (χ4n) is 3.23. The summed E-state index contributed by atoms with van der Waals surface area (Å²) in [4.78, 5) is 4.56. The van der Waals surface area contributed by atoms with Crippen LogP contribution < -0.4 is 14.8 Å². The summed E-state index contributed by atoms with van der Waals surface area (Å²) in [7, 11) is 1.68. The molecule has 1 aliphatic heterocycles. The Morgan fingerprint density at radius 2 is 1.68 bits per heavy atom. The van der Waals surface area contributed by atoms with Gasteiger partial charge in [-0.15, -0.1) is 0 Å². The van der Waals surface area contributed by atoms with E-state index in [2.05, 4.69) is 28.5 Å². The summed E-state index contributed by atoms with van der Waals surface area (Å²) in [5, 5.41) is 4.43. The Bertz CT molecular complexity index is 855. The van der Waals surface area contributed by atoms with E-state index < -0.39 is 0 Å². The minimum absolute atomic E-state index is 0.321. The fraction of sp³-hybridized carbons (Fsp3) is 0.286. The van der Waals surface area contributed by atoms with Crippen molar-refractivity contribution in [2.45, 2.75) is 18.9 Å². The van der Waals surface area contributed by atoms with Crippen molar-refractivity contribution in [3.63, 3.8) is 0 Å². The first-order valence-corrected chi connectivity index (χ1v) is 8.73. The van der Waals surface area contributed by atoms with Crippen LogP contribution in [-0.2, 0) is 0 Å². The normalized spacial score (nSPS) is 15.2. The number of fused-ring (bicyclic) bond motifs is 1. The van der Waals surface area contributed by atoms with Gasteiger partial charge < -0.3 is 14.8 Å². The van der Waals surface area contributed by atoms with Crippen LogP contribution in [-0.4, -0.2) is 31.3 Å². The molecule has 1 aliphatic rings. The molecule has 1 N–H and O–H groups in total. The minimum Gasteiger partial charge on any atom is -0.497 e. The van der Waals surface area contributed by atoms with Crippen LogP contribution in [0.4, 0.5) is 0 Å². The number of piperidine rings is 1. The second-order valence-electron chi connectivity index (χ2n) is 6.37. The molecule has 0 amide bonds. The van der Waals surface area contributed by atoms with E-state index in [0.29, 0.717) is 6.10 Å². The monoisotopic (exact) mass is 334 g/mol. The van der Waals surface area contributed by atoms with Crippen LogP contribution in [0.5, 0.6) is 11.5 Å². The predicted molar refractivity (Wildman–Crippen MR) is 100 cm³/mol. The number of rotatable bonds is 4. The number of benzene rings is 2. The molecule has 25 heavy (non-hydrogen) atoms. The summed E-state index contributed by atoms with van der Waals surface area (Å²) in [6, 6.07) is 16.4. The average Bonchev–Trinajstić information content (AvgIpc) is 2.68. The maximum atomic E-state index is 6.07. The molecule has 128 valence electrons. The Labute approximate surface area is 147 Å². The number of pyridine rings is 1. The topological polar surface area (TPSA) is 43.4 Å². The van der Waals surface area contributed by atoms with Crippen molar-refractivity contribution < 1.29 is 9.47 Å². The predicted octanol–water partition coefficient (Wildman–Crippen LogP) is 4.04. The van der Waals surface area contributed by atoms with Gasteiger partial charge in [-0.25, -0.2) is 0 Å². The van der Waals surface area contributed by atoms with Crippen molar-refractivity contribution in [3.8, 4) is 22.6 Å². The van der Waals surface area contributed by atoms with E-state index in [0.717, 1.165) is 59.5 Å². The third-order valence-corrected chi connectivity index (χ3v) is 4.67. The van der Waals surface area contributed by atoms with E-state index in [1.807, 2.05) is 36.5 Å². The zero-order valence-corrected chi connectivity index (χ0v) is 14.4. The van der Waals surface area contributed by atoms with Gasteiger partial charge >= 0.3 is 0 Å². The Morgan fingerprint density at radius 1 is 0.920 bits per heavy atom. The van der Waals surface area contributed by atoms with Crippen LogP contribution in [0.1, 0.15) is 12.8 Å². The fourth-order valence-corrected chi connectivity index (χ4v) is 3.23. The van der Waals surface area contributed by atoms with Crippen molar-refractivity contribution in [2.75, 3.05) is 20.2 Å². The van der Waals surface area contributed by atoms with Crippen LogP contribution in [0.15, 0.2) is 54.7 Å². The smallest absolute Gasteiger partial charge is 0.119 e. The van der Waals surface area contributed by atoms with Crippen LogP contribution in [0.3, 0.4) is 0 Å². The van der Waals surface area contributed by atoms with Crippen LogP contribution in [0.25, 0.3) is 22.0 Å². The highest BCUT2D eigenvalue weighted by Gasteiger charge is 2.14. The Kier molecular flexibility index (Phi) is 4.53. The molecule has 0 unspecified atom stereocenters. The van der Waals surface area contributed by atoms with Crippen molar-refractivity contribution in [1.82, 2.24) is 10.3 Å². The number of nitrogens with zero attached hydrogens (tertiary/aromatic N) is 1. The zero-order valence-electron chi connectivity index (χ0n) is 14.4. The molecule has 1 saturated heterocycles. The number of hydrogen-bond acceptors (Lipinski definition) is 4. The second-order valence-corrected chi connectivity index (χ2v) is 6.37. The molecule has 0 bridgehead atoms. The third kappa shape index (κ3) is 3.59. The maximum Gasteiger partial charge on any atom is 0.119 e. The first kappa shape index (κ1) is 15.9. The highest BCUT2D eigenvalue weighted by molar-refractivity contribution is 5.84. The van der Waals surface area contributed by atoms with Crippen molar-refractivity contribution in [2.24, 2.45) is 0 Å². The van der Waals surface area contributed by atoms with Gasteiger partial charge in [0.1, 0.15) is 17.6 Å². The molecule has 0 atom stereocenters. The molecule has 1 fully saturated rings. The standard InChI is InChI=1S/C21H22N2O2/c1-24-20-6-7-21-16(13-20)12-17(14-23-21)15-2-4-18(5-3-15)25-19-8-10-22-11-9-19/h2-7,12-14,19,22H,8-11H2,1H3. The Morgan fingerprint density at radius 3 is 2.44 bits per heavy atom. The van der Waals surface area contributed by atoms with Gasteiger partial charge in [0.15, 0.2) is 0 Å². The number of ether oxygens (including phenoxy) is 2. The molecule has 0 aliphatic carbocycles. The van der Waals surface area contributed by atoms with Crippen molar-refractivity contribution in [1.29, 1.82) is 0 Å². The summed E-state index contributed by atoms with van der Waals surface area (Å²) in [6.45, 7) is 2.07. The van der Waals surface area contributed by atoms with Crippen LogP contribution in [0.2, 0.25) is 0 Å². The summed E-state index contributed by atoms with van der Waals surface area (Å²) in [6.07, 6.45) is 4.37. The van der Waals surface area contributed by atoms with Gasteiger partial charge in [0.25, 0.3) is 0 Å². The van der Waals surface area contributed by atoms with E-state index in [1.54, 1.807) is 7.11 Å². The highest BCUT2D eigenvalue weighted by Crippen LogP contribution is 2.27. The van der Waals surface area contributed by atoms with Gasteiger partial charge in [0.05, 0.1) is 12.6 Å². The molecule has 1 aromatic heterocycles. The molecule has 0 saturated carbocycles.